The molecule has 1 N–H and O–H groups in total. The first-order valence-corrected chi connectivity index (χ1v) is 7.19. The number of anilines is 1. The van der Waals surface area contributed by atoms with Crippen molar-refractivity contribution in [3.8, 4) is 0 Å². The molecule has 7 heteroatoms. The number of aliphatic hydroxyl groups is 1. The minimum absolute atomic E-state index is 0.0482. The second-order valence-corrected chi connectivity index (χ2v) is 6.44. The normalized spacial score (nSPS) is 10.7. The highest BCUT2D eigenvalue weighted by Crippen LogP contribution is 2.34. The molecule has 0 spiro atoms. The van der Waals surface area contributed by atoms with E-state index in [9.17, 15) is 0 Å². The fourth-order valence-corrected chi connectivity index (χ4v) is 3.33. The van der Waals surface area contributed by atoms with Gasteiger partial charge in [0.05, 0.1) is 6.61 Å². The Morgan fingerprint density at radius 1 is 1.39 bits per heavy atom. The number of rotatable bonds is 4. The van der Waals surface area contributed by atoms with Gasteiger partial charge < -0.3 is 10.0 Å². The van der Waals surface area contributed by atoms with Crippen LogP contribution < -0.4 is 4.90 Å². The largest absolute Gasteiger partial charge is 0.392 e. The van der Waals surface area contributed by atoms with Gasteiger partial charge in [-0.25, -0.2) is 0 Å². The van der Waals surface area contributed by atoms with Gasteiger partial charge in [-0.1, -0.05) is 40.8 Å². The monoisotopic (exact) mass is 301 g/mol. The van der Waals surface area contributed by atoms with Crippen LogP contribution in [0.4, 0.5) is 5.13 Å². The second-order valence-electron chi connectivity index (χ2n) is 3.76. The summed E-state index contributed by atoms with van der Waals surface area (Å²) in [4.78, 5) is 2.91. The van der Waals surface area contributed by atoms with Crippen molar-refractivity contribution in [3.05, 3.63) is 28.8 Å². The molecule has 0 saturated carbocycles. The molecule has 0 aliphatic carbocycles. The Morgan fingerprint density at radius 2 is 2.17 bits per heavy atom. The van der Waals surface area contributed by atoms with Crippen LogP contribution in [-0.4, -0.2) is 29.4 Å². The highest BCUT2D eigenvalue weighted by Gasteiger charge is 2.08. The summed E-state index contributed by atoms with van der Waals surface area (Å²) in [6.07, 6.45) is 0. The third-order valence-electron chi connectivity index (χ3n) is 2.18. The molecule has 0 fully saturated rings. The van der Waals surface area contributed by atoms with Crippen LogP contribution in [0.1, 0.15) is 5.56 Å². The van der Waals surface area contributed by atoms with Crippen LogP contribution in [0.15, 0.2) is 27.4 Å². The molecule has 0 aliphatic rings. The summed E-state index contributed by atoms with van der Waals surface area (Å²) in [5.74, 6) is 0. The molecule has 0 bridgehead atoms. The van der Waals surface area contributed by atoms with Gasteiger partial charge in [-0.05, 0) is 17.7 Å². The summed E-state index contributed by atoms with van der Waals surface area (Å²) in [5, 5.41) is 18.7. The molecule has 2 rings (SSSR count). The number of aliphatic hydroxyl groups excluding tert-OH is 1. The lowest BCUT2D eigenvalue weighted by Crippen LogP contribution is -2.07. The number of benzene rings is 1. The first-order valence-electron chi connectivity index (χ1n) is 5.18. The fraction of sp³-hybridized carbons (Fsp3) is 0.273. The molecule has 2 aromatic rings. The van der Waals surface area contributed by atoms with Crippen molar-refractivity contribution in [1.82, 2.24) is 10.2 Å². The molecule has 1 aromatic carbocycles. The summed E-state index contributed by atoms with van der Waals surface area (Å²) in [6, 6.07) is 5.56. The summed E-state index contributed by atoms with van der Waals surface area (Å²) < 4.78 is 0.867. The van der Waals surface area contributed by atoms with E-state index in [-0.39, 0.29) is 6.61 Å². The average Bonchev–Trinajstić information content (AvgIpc) is 2.78. The maximum Gasteiger partial charge on any atom is 0.208 e. The zero-order valence-corrected chi connectivity index (χ0v) is 12.3. The van der Waals surface area contributed by atoms with E-state index in [0.717, 1.165) is 19.9 Å². The van der Waals surface area contributed by atoms with Crippen molar-refractivity contribution >= 4 is 39.8 Å². The molecule has 1 heterocycles. The van der Waals surface area contributed by atoms with E-state index in [1.807, 2.05) is 37.2 Å². The van der Waals surface area contributed by atoms with E-state index in [1.54, 1.807) is 0 Å². The van der Waals surface area contributed by atoms with Crippen LogP contribution >= 0.6 is 34.7 Å². The van der Waals surface area contributed by atoms with Gasteiger partial charge in [0.15, 0.2) is 4.34 Å². The predicted octanol–water partition coefficient (Wildman–Crippen LogP) is 2.90. The van der Waals surface area contributed by atoms with Crippen LogP contribution in [0.2, 0.25) is 5.02 Å². The highest BCUT2D eigenvalue weighted by molar-refractivity contribution is 8.01. The number of nitrogens with zero attached hydrogens (tertiary/aromatic N) is 3. The maximum atomic E-state index is 9.05. The summed E-state index contributed by atoms with van der Waals surface area (Å²) in [7, 11) is 3.86. The van der Waals surface area contributed by atoms with E-state index in [1.165, 1.54) is 23.1 Å². The van der Waals surface area contributed by atoms with Gasteiger partial charge in [0.25, 0.3) is 0 Å². The van der Waals surface area contributed by atoms with Gasteiger partial charge in [0.2, 0.25) is 5.13 Å². The predicted molar refractivity (Wildman–Crippen MR) is 75.7 cm³/mol. The van der Waals surface area contributed by atoms with Gasteiger partial charge in [-0.15, -0.1) is 10.2 Å². The standard InChI is InChI=1S/C11H12ClN3OS2/c1-15(2)10-13-14-11(18-10)17-8-4-3-7(6-16)9(12)5-8/h3-5,16H,6H2,1-2H3. The van der Waals surface area contributed by atoms with E-state index in [2.05, 4.69) is 10.2 Å². The minimum atomic E-state index is -0.0482. The summed E-state index contributed by atoms with van der Waals surface area (Å²) in [6.45, 7) is -0.0482. The Balaban J connectivity index is 2.15. The fourth-order valence-electron chi connectivity index (χ4n) is 1.25. The zero-order valence-electron chi connectivity index (χ0n) is 9.92. The molecule has 0 unspecified atom stereocenters. The van der Waals surface area contributed by atoms with E-state index in [0.29, 0.717) is 5.02 Å². The van der Waals surface area contributed by atoms with Crippen molar-refractivity contribution in [1.29, 1.82) is 0 Å². The van der Waals surface area contributed by atoms with E-state index < -0.39 is 0 Å². The van der Waals surface area contributed by atoms with E-state index in [4.69, 9.17) is 16.7 Å². The molecule has 0 aliphatic heterocycles. The molecule has 0 amide bonds. The van der Waals surface area contributed by atoms with Crippen LogP contribution in [0, 0.1) is 0 Å². The van der Waals surface area contributed by atoms with Gasteiger partial charge in [-0.3, -0.25) is 0 Å². The molecule has 0 radical (unpaired) electrons. The number of halogens is 1. The number of hydrogen-bond acceptors (Lipinski definition) is 6. The Bertz CT molecular complexity index is 545. The van der Waals surface area contributed by atoms with Gasteiger partial charge in [0, 0.05) is 24.0 Å². The summed E-state index contributed by atoms with van der Waals surface area (Å²) in [5.41, 5.74) is 0.729. The molecule has 4 nitrogen and oxygen atoms in total. The molecular formula is C11H12ClN3OS2. The Hall–Kier alpha value is -0.820. The van der Waals surface area contributed by atoms with Crippen LogP contribution in [0.5, 0.6) is 0 Å². The third kappa shape index (κ3) is 3.14. The maximum absolute atomic E-state index is 9.05. The van der Waals surface area contributed by atoms with Gasteiger partial charge >= 0.3 is 0 Å². The van der Waals surface area contributed by atoms with Gasteiger partial charge in [-0.2, -0.15) is 0 Å². The first kappa shape index (κ1) is 13.6. The highest BCUT2D eigenvalue weighted by atomic mass is 35.5. The Morgan fingerprint density at radius 3 is 2.72 bits per heavy atom. The third-order valence-corrected chi connectivity index (χ3v) is 4.66. The van der Waals surface area contributed by atoms with Crippen molar-refractivity contribution in [3.63, 3.8) is 0 Å². The van der Waals surface area contributed by atoms with Crippen molar-refractivity contribution in [2.75, 3.05) is 19.0 Å². The lowest BCUT2D eigenvalue weighted by atomic mass is 10.2. The van der Waals surface area contributed by atoms with Crippen LogP contribution in [-0.2, 0) is 6.61 Å². The summed E-state index contributed by atoms with van der Waals surface area (Å²) >= 11 is 9.07. The van der Waals surface area contributed by atoms with Crippen molar-refractivity contribution in [2.24, 2.45) is 0 Å². The molecule has 1 aromatic heterocycles. The van der Waals surface area contributed by atoms with Crippen LogP contribution in [0.3, 0.4) is 0 Å². The zero-order chi connectivity index (χ0) is 13.1. The molecule has 0 atom stereocenters. The number of aromatic nitrogens is 2. The van der Waals surface area contributed by atoms with Crippen molar-refractivity contribution < 1.29 is 5.11 Å². The topological polar surface area (TPSA) is 49.2 Å². The van der Waals surface area contributed by atoms with Crippen LogP contribution in [0.25, 0.3) is 0 Å². The van der Waals surface area contributed by atoms with Gasteiger partial charge in [0.1, 0.15) is 0 Å². The minimum Gasteiger partial charge on any atom is -0.392 e. The number of hydrogen-bond donors (Lipinski definition) is 1. The average molecular weight is 302 g/mol. The van der Waals surface area contributed by atoms with Crippen molar-refractivity contribution in [2.45, 2.75) is 15.8 Å². The Labute approximate surface area is 119 Å². The quantitative estimate of drug-likeness (QED) is 0.941. The lowest BCUT2D eigenvalue weighted by Gasteiger charge is -2.04. The molecule has 18 heavy (non-hydrogen) atoms. The first-order chi connectivity index (χ1) is 8.60. The second kappa shape index (κ2) is 5.88. The Kier molecular flexibility index (Phi) is 4.45. The lowest BCUT2D eigenvalue weighted by molar-refractivity contribution is 0.282. The smallest absolute Gasteiger partial charge is 0.208 e. The molecule has 0 saturated heterocycles. The SMILES string of the molecule is CN(C)c1nnc(Sc2ccc(CO)c(Cl)c2)s1. The van der Waals surface area contributed by atoms with E-state index >= 15 is 0 Å². The molecular weight excluding hydrogens is 290 g/mol. The molecule has 96 valence electrons.